The number of hydrogen-bond donors (Lipinski definition) is 3. The average molecular weight is 406 g/mol. The van der Waals surface area contributed by atoms with Crippen molar-refractivity contribution in [2.45, 2.75) is 34.6 Å². The van der Waals surface area contributed by atoms with Gasteiger partial charge in [0, 0.05) is 17.7 Å². The highest BCUT2D eigenvalue weighted by Crippen LogP contribution is 2.18. The van der Waals surface area contributed by atoms with Crippen LogP contribution >= 0.6 is 0 Å². The Morgan fingerprint density at radius 2 is 1.77 bits per heavy atom. The first kappa shape index (κ1) is 21.6. The second-order valence-electron chi connectivity index (χ2n) is 8.90. The summed E-state index contributed by atoms with van der Waals surface area (Å²) in [5.41, 5.74) is 6.72. The zero-order chi connectivity index (χ0) is 22.1. The molecule has 0 aliphatic carbocycles. The summed E-state index contributed by atoms with van der Waals surface area (Å²) < 4.78 is 0. The number of carbonyl (C=O) groups is 2. The van der Waals surface area contributed by atoms with E-state index >= 15 is 0 Å². The first-order valence-electron chi connectivity index (χ1n) is 9.85. The molecule has 1 aliphatic heterocycles. The largest absolute Gasteiger partial charge is 0.464 e. The van der Waals surface area contributed by atoms with E-state index in [-0.39, 0.29) is 11.3 Å². The minimum absolute atomic E-state index is 0.222. The Balaban J connectivity index is 1.87. The Hall–Kier alpha value is -3.13. The van der Waals surface area contributed by atoms with Gasteiger partial charge in [0.1, 0.15) is 0 Å². The van der Waals surface area contributed by atoms with Gasteiger partial charge in [0.05, 0.1) is 6.21 Å². The standard InChI is InChI=1S/C22H27BN4O3/c1-14-8-15(2)10-17(9-14)21(29)27(13-22(3,4)5)25-20(28)16-6-7-19-18(11-16)12-24-26-23(19)30/h6-12,26,30H,13H2,1-5H3,(H,25,28). The van der Waals surface area contributed by atoms with Gasteiger partial charge >= 0.3 is 7.05 Å². The van der Waals surface area contributed by atoms with Crippen molar-refractivity contribution in [1.29, 1.82) is 0 Å². The van der Waals surface area contributed by atoms with Crippen molar-refractivity contribution in [1.82, 2.24) is 15.8 Å². The number of nitrogens with zero attached hydrogens (tertiary/aromatic N) is 2. The van der Waals surface area contributed by atoms with E-state index in [9.17, 15) is 14.6 Å². The number of carbonyl (C=O) groups excluding carboxylic acids is 2. The van der Waals surface area contributed by atoms with Crippen LogP contribution in [0.1, 0.15) is 58.2 Å². The van der Waals surface area contributed by atoms with Gasteiger partial charge < -0.3 is 10.4 Å². The van der Waals surface area contributed by atoms with Crippen molar-refractivity contribution in [2.75, 3.05) is 6.54 Å². The molecule has 30 heavy (non-hydrogen) atoms. The molecule has 0 saturated heterocycles. The molecule has 0 unspecified atom stereocenters. The van der Waals surface area contributed by atoms with Crippen molar-refractivity contribution in [3.63, 3.8) is 0 Å². The van der Waals surface area contributed by atoms with E-state index in [1.807, 2.05) is 52.8 Å². The number of hydrogen-bond acceptors (Lipinski definition) is 5. The minimum Gasteiger partial charge on any atom is -0.428 e. The molecule has 8 heteroatoms. The van der Waals surface area contributed by atoms with E-state index in [2.05, 4.69) is 15.9 Å². The van der Waals surface area contributed by atoms with Crippen LogP contribution in [0.5, 0.6) is 0 Å². The highest BCUT2D eigenvalue weighted by Gasteiger charge is 2.26. The molecule has 2 aromatic rings. The molecule has 0 atom stereocenters. The average Bonchev–Trinajstić information content (AvgIpc) is 2.65. The summed E-state index contributed by atoms with van der Waals surface area (Å²) in [4.78, 5) is 26.2. The summed E-state index contributed by atoms with van der Waals surface area (Å²) in [6.07, 6.45) is 1.55. The number of aryl methyl sites for hydroxylation is 2. The lowest BCUT2D eigenvalue weighted by Gasteiger charge is -2.30. The van der Waals surface area contributed by atoms with Crippen LogP contribution in [-0.2, 0) is 0 Å². The molecule has 2 amide bonds. The first-order valence-corrected chi connectivity index (χ1v) is 9.85. The quantitative estimate of drug-likeness (QED) is 0.535. The van der Waals surface area contributed by atoms with Crippen molar-refractivity contribution >= 4 is 30.5 Å². The van der Waals surface area contributed by atoms with Gasteiger partial charge in [-0.15, -0.1) is 0 Å². The Labute approximate surface area is 177 Å². The van der Waals surface area contributed by atoms with Crippen LogP contribution in [-0.4, -0.2) is 41.7 Å². The van der Waals surface area contributed by atoms with Gasteiger partial charge in [-0.05, 0) is 54.6 Å². The van der Waals surface area contributed by atoms with Crippen LogP contribution in [0.15, 0.2) is 41.5 Å². The smallest absolute Gasteiger partial charge is 0.428 e. The molecule has 156 valence electrons. The molecular formula is C22H27BN4O3. The number of rotatable bonds is 3. The Bertz CT molecular complexity index is 994. The third kappa shape index (κ3) is 5.07. The monoisotopic (exact) mass is 406 g/mol. The molecule has 0 aromatic heterocycles. The zero-order valence-electron chi connectivity index (χ0n) is 18.0. The molecule has 0 saturated carbocycles. The van der Waals surface area contributed by atoms with Gasteiger partial charge in [0.2, 0.25) is 0 Å². The van der Waals surface area contributed by atoms with Crippen LogP contribution in [0.3, 0.4) is 0 Å². The molecule has 0 bridgehead atoms. The van der Waals surface area contributed by atoms with Crippen molar-refractivity contribution in [2.24, 2.45) is 10.5 Å². The molecule has 2 aromatic carbocycles. The lowest BCUT2D eigenvalue weighted by atomic mass is 9.71. The van der Waals surface area contributed by atoms with Crippen LogP contribution in [0, 0.1) is 19.3 Å². The zero-order valence-corrected chi connectivity index (χ0v) is 18.0. The lowest BCUT2D eigenvalue weighted by molar-refractivity contribution is 0.0509. The summed E-state index contributed by atoms with van der Waals surface area (Å²) in [7, 11) is -0.911. The Morgan fingerprint density at radius 3 is 2.40 bits per heavy atom. The Kier molecular flexibility index (Phi) is 5.98. The molecule has 3 rings (SSSR count). The van der Waals surface area contributed by atoms with Gasteiger partial charge in [-0.2, -0.15) is 5.10 Å². The topological polar surface area (TPSA) is 94.0 Å². The molecule has 1 heterocycles. The van der Waals surface area contributed by atoms with E-state index in [1.165, 1.54) is 5.01 Å². The fourth-order valence-electron chi connectivity index (χ4n) is 3.40. The molecular weight excluding hydrogens is 379 g/mol. The normalized spacial score (nSPS) is 12.8. The van der Waals surface area contributed by atoms with E-state index in [1.54, 1.807) is 24.4 Å². The summed E-state index contributed by atoms with van der Waals surface area (Å²) in [5.74, 6) is -0.662. The maximum Gasteiger partial charge on any atom is 0.464 e. The maximum absolute atomic E-state index is 13.2. The molecule has 0 radical (unpaired) electrons. The third-order valence-corrected chi connectivity index (χ3v) is 4.63. The summed E-state index contributed by atoms with van der Waals surface area (Å²) in [6.45, 7) is 10.2. The maximum atomic E-state index is 13.2. The summed E-state index contributed by atoms with van der Waals surface area (Å²) in [5, 5.41) is 17.7. The second-order valence-corrected chi connectivity index (χ2v) is 8.90. The van der Waals surface area contributed by atoms with Crippen molar-refractivity contribution in [3.05, 3.63) is 64.2 Å². The number of hydrazine groups is 1. The summed E-state index contributed by atoms with van der Waals surface area (Å²) in [6, 6.07) is 10.6. The SMILES string of the molecule is Cc1cc(C)cc(C(=O)N(CC(C)(C)C)NC(=O)c2ccc3c(c2)C=NNB3O)c1. The van der Waals surface area contributed by atoms with Crippen LogP contribution in [0.4, 0.5) is 0 Å². The van der Waals surface area contributed by atoms with E-state index in [0.29, 0.717) is 28.7 Å². The second kappa shape index (κ2) is 8.32. The van der Waals surface area contributed by atoms with Crippen LogP contribution in [0.25, 0.3) is 0 Å². The van der Waals surface area contributed by atoms with Gasteiger partial charge in [0.25, 0.3) is 11.8 Å². The van der Waals surface area contributed by atoms with Gasteiger partial charge in [-0.3, -0.25) is 15.0 Å². The molecule has 3 N–H and O–H groups in total. The lowest BCUT2D eigenvalue weighted by Crippen LogP contribution is -2.50. The molecule has 1 aliphatic rings. The van der Waals surface area contributed by atoms with Gasteiger partial charge in [-0.1, -0.05) is 44.0 Å². The highest BCUT2D eigenvalue weighted by molar-refractivity contribution is 6.65. The first-order chi connectivity index (χ1) is 14.0. The number of fused-ring (bicyclic) bond motifs is 1. The van der Waals surface area contributed by atoms with E-state index in [4.69, 9.17) is 0 Å². The van der Waals surface area contributed by atoms with Gasteiger partial charge in [-0.25, -0.2) is 5.01 Å². The number of amides is 2. The van der Waals surface area contributed by atoms with Crippen molar-refractivity contribution in [3.8, 4) is 0 Å². The highest BCUT2D eigenvalue weighted by atomic mass is 16.2. The number of hydrazone groups is 1. The van der Waals surface area contributed by atoms with Crippen molar-refractivity contribution < 1.29 is 14.6 Å². The van der Waals surface area contributed by atoms with Crippen LogP contribution in [0.2, 0.25) is 0 Å². The number of nitrogens with one attached hydrogen (secondary N) is 2. The Morgan fingerprint density at radius 1 is 1.10 bits per heavy atom. The molecule has 7 nitrogen and oxygen atoms in total. The minimum atomic E-state index is -0.911. The summed E-state index contributed by atoms with van der Waals surface area (Å²) >= 11 is 0. The van der Waals surface area contributed by atoms with Gasteiger partial charge in [0.15, 0.2) is 0 Å². The third-order valence-electron chi connectivity index (χ3n) is 4.63. The predicted octanol–water partition coefficient (Wildman–Crippen LogP) is 1.76. The number of benzene rings is 2. The molecule has 0 fully saturated rings. The predicted molar refractivity (Wildman–Crippen MR) is 119 cm³/mol. The van der Waals surface area contributed by atoms with E-state index < -0.39 is 13.0 Å². The fraction of sp³-hybridized carbons (Fsp3) is 0.318. The molecule has 0 spiro atoms. The van der Waals surface area contributed by atoms with E-state index in [0.717, 1.165) is 11.1 Å². The van der Waals surface area contributed by atoms with Crippen LogP contribution < -0.4 is 16.2 Å². The fourth-order valence-corrected chi connectivity index (χ4v) is 3.40.